The topological polar surface area (TPSA) is 316 Å². The molecule has 28 heteroatoms. The van der Waals surface area contributed by atoms with E-state index >= 15 is 4.79 Å². The number of hydrogen-bond donors (Lipinski definition) is 6. The number of aryl methyl sites for hydroxylation is 1. The quantitative estimate of drug-likeness (QED) is 0.0186. The van der Waals surface area contributed by atoms with Crippen LogP contribution in [0.3, 0.4) is 0 Å². The number of likely N-dealkylation sites (tertiary alicyclic amines) is 1. The molecule has 0 aliphatic carbocycles. The van der Waals surface area contributed by atoms with Gasteiger partial charge in [-0.25, -0.2) is 4.57 Å². The normalized spacial score (nSPS) is 20.7. The Hall–Kier alpha value is -8.28. The summed E-state index contributed by atoms with van der Waals surface area (Å²) in [5.74, 6) is 1.93. The van der Waals surface area contributed by atoms with E-state index < -0.39 is 95.5 Å². The monoisotopic (exact) mass is 1310 g/mol. The van der Waals surface area contributed by atoms with Crippen LogP contribution in [0, 0.1) is 27.9 Å². The van der Waals surface area contributed by atoms with E-state index in [0.717, 1.165) is 46.6 Å². The van der Waals surface area contributed by atoms with Crippen molar-refractivity contribution < 1.29 is 66.4 Å². The predicted octanol–water partition coefficient (Wildman–Crippen LogP) is 5.85. The number of thiophene rings is 1. The molecule has 5 aliphatic heterocycles. The summed E-state index contributed by atoms with van der Waals surface area (Å²) in [4.78, 5) is 152. The molecule has 10 rings (SSSR count). The number of imidazole rings is 1. The maximum Gasteiger partial charge on any atom is 0.434 e. The van der Waals surface area contributed by atoms with Crippen molar-refractivity contribution in [3.05, 3.63) is 127 Å². The number of rotatable bonds is 19. The molecular weight excluding hydrogens is 1230 g/mol. The number of likely N-dealkylation sites (N-methyl/N-ethyl adjacent to an activating group) is 1. The summed E-state index contributed by atoms with van der Waals surface area (Å²) in [5.41, 5.74) is -1.93. The average Bonchev–Trinajstić information content (AvgIpc) is 1.57. The fraction of sp³-hybridized carbons (Fsp3) is 0.484. The first-order valence-corrected chi connectivity index (χ1v) is 33.3. The number of aromatic nitrogens is 2. The molecule has 6 atom stereocenters. The average molecular weight is 1310 g/mol. The molecule has 0 radical (unpaired) electrons. The second-order valence-electron chi connectivity index (χ2n) is 25.2. The summed E-state index contributed by atoms with van der Waals surface area (Å²) in [7, 11) is -5.89. The Kier molecular flexibility index (Phi) is 19.9. The summed E-state index contributed by atoms with van der Waals surface area (Å²) in [6.07, 6.45) is 6.44. The number of nitro groups is 1. The lowest BCUT2D eigenvalue weighted by Crippen LogP contribution is -2.62. The van der Waals surface area contributed by atoms with Crippen molar-refractivity contribution in [1.29, 1.82) is 0 Å². The zero-order valence-electron chi connectivity index (χ0n) is 51.4. The molecule has 6 N–H and O–H groups in total. The van der Waals surface area contributed by atoms with Gasteiger partial charge < -0.3 is 55.5 Å². The van der Waals surface area contributed by atoms with Crippen molar-refractivity contribution >= 4 is 82.2 Å². The van der Waals surface area contributed by atoms with E-state index in [9.17, 15) is 66.8 Å². The van der Waals surface area contributed by atoms with Gasteiger partial charge in [0.1, 0.15) is 42.6 Å². The Balaban J connectivity index is 0.840. The van der Waals surface area contributed by atoms with Gasteiger partial charge in [0.15, 0.2) is 0 Å². The molecule has 24 nitrogen and oxygen atoms in total. The molecule has 3 aromatic carbocycles. The second kappa shape index (κ2) is 27.5. The lowest BCUT2D eigenvalue weighted by Gasteiger charge is -2.38. The van der Waals surface area contributed by atoms with E-state index in [1.165, 1.54) is 38.9 Å². The van der Waals surface area contributed by atoms with Gasteiger partial charge in [0.2, 0.25) is 35.4 Å². The number of alkyl halides is 2. The van der Waals surface area contributed by atoms with Gasteiger partial charge in [0.05, 0.1) is 11.4 Å². The highest BCUT2D eigenvalue weighted by atomic mass is 32.1. The minimum atomic E-state index is -5.89. The number of carbonyl (C=O) groups is 8. The fourth-order valence-electron chi connectivity index (χ4n) is 12.9. The van der Waals surface area contributed by atoms with Crippen molar-refractivity contribution in [2.45, 2.75) is 159 Å². The standard InChI is InChI=1S/C64H74F2N11O13PS/c1-5-72-28-25-44-18-19-51(76(44)61(85)49(37-72)70-58(82)53-35-41-34-43(17-21-52(41)92-53)64(65,66)91(88,89)90)57(81)68-47(26-31-74-32-27-67-62(74)77(86)87)55(79)69-48(33-39-13-15-42(16-14-39)63(2,3)4)60(84)73-29-23-38(24-30-73)9-6-7-10-40-11-8-12-45-46(40)36-75(59(45)83)50-20-22-54(78)71-56(50)80/h8,11-17,21,27,32,34-35,38,44,47-51H,5-6,9,18-20,22-26,28-31,33,36-37H2,1-4H3,(H,68,81)(H,69,79)(H,70,82)(H,71,78,80)(H2,88,89,90)/t44-,47+,48+,49+,50?,51+/m1/s1. The summed E-state index contributed by atoms with van der Waals surface area (Å²) in [6, 6.07) is 11.2. The molecule has 488 valence electrons. The number of imide groups is 1. The van der Waals surface area contributed by atoms with E-state index in [1.807, 2.05) is 42.2 Å². The number of halogens is 2. The first kappa shape index (κ1) is 66.6. The SMILES string of the molecule is CCN1CC[C@H]2CC[C@@H](C(=O)N[C@@H](CCn3ccnc3[N+](=O)[O-])C(=O)N[C@@H](Cc3ccc(C(C)(C)C)cc3)C(=O)N3CCC(CCC#Cc4cccc5c4CN(C4CCC(=O)NC4=O)C5=O)CC3)N2C(=O)[C@@H](NC(=O)c2cc3cc(C(F)(F)P(=O)(O)O)ccc3s2)C1. The van der Waals surface area contributed by atoms with E-state index in [4.69, 9.17) is 0 Å². The molecule has 92 heavy (non-hydrogen) atoms. The molecule has 0 saturated carbocycles. The molecule has 8 amide bonds. The number of benzene rings is 3. The Labute approximate surface area is 533 Å². The number of amides is 8. The number of nitrogens with zero attached hydrogens (tertiary/aromatic N) is 7. The molecule has 0 spiro atoms. The van der Waals surface area contributed by atoms with Gasteiger partial charge in [-0.15, -0.1) is 11.3 Å². The van der Waals surface area contributed by atoms with Gasteiger partial charge in [0, 0.05) is 85.8 Å². The van der Waals surface area contributed by atoms with Crippen molar-refractivity contribution in [3.8, 4) is 11.8 Å². The molecule has 0 bridgehead atoms. The molecule has 2 aromatic heterocycles. The predicted molar refractivity (Wildman–Crippen MR) is 334 cm³/mol. The number of piperidine rings is 2. The first-order chi connectivity index (χ1) is 43.7. The minimum absolute atomic E-state index is 0.0209. The van der Waals surface area contributed by atoms with Gasteiger partial charge >= 0.3 is 19.2 Å². The number of nitrogens with one attached hydrogen (secondary N) is 4. The molecule has 4 saturated heterocycles. The number of carbonyl (C=O) groups excluding carboxylic acids is 8. The Morgan fingerprint density at radius 3 is 2.36 bits per heavy atom. The highest BCUT2D eigenvalue weighted by Gasteiger charge is 2.51. The van der Waals surface area contributed by atoms with Crippen LogP contribution in [0.2, 0.25) is 0 Å². The number of hydrogen-bond acceptors (Lipinski definition) is 14. The van der Waals surface area contributed by atoms with Gasteiger partial charge in [-0.1, -0.05) is 80.9 Å². The van der Waals surface area contributed by atoms with Crippen LogP contribution in [0.1, 0.15) is 140 Å². The van der Waals surface area contributed by atoms with Gasteiger partial charge in [-0.2, -0.15) is 8.78 Å². The summed E-state index contributed by atoms with van der Waals surface area (Å²) >= 11 is 0.919. The Morgan fingerprint density at radius 2 is 1.66 bits per heavy atom. The van der Waals surface area contributed by atoms with Crippen molar-refractivity contribution in [2.24, 2.45) is 5.92 Å². The molecule has 1 unspecified atom stereocenters. The molecular formula is C64H74F2N11O13PS. The fourth-order valence-corrected chi connectivity index (χ4v) is 14.4. The molecule has 5 aromatic rings. The van der Waals surface area contributed by atoms with E-state index in [2.05, 4.69) is 58.9 Å². The zero-order chi connectivity index (χ0) is 66.0. The maximum absolute atomic E-state index is 15.0. The van der Waals surface area contributed by atoms with E-state index in [0.29, 0.717) is 74.1 Å². The van der Waals surface area contributed by atoms with Crippen LogP contribution in [0.15, 0.2) is 79.1 Å². The highest BCUT2D eigenvalue weighted by molar-refractivity contribution is 7.52. The summed E-state index contributed by atoms with van der Waals surface area (Å²) in [5, 5.41) is 23.1. The molecule has 5 aliphatic rings. The summed E-state index contributed by atoms with van der Waals surface area (Å²) in [6.45, 7) is 9.92. The molecule has 7 heterocycles. The molecule has 4 fully saturated rings. The van der Waals surface area contributed by atoms with Gasteiger partial charge in [-0.3, -0.25) is 48.2 Å². The van der Waals surface area contributed by atoms with Crippen LogP contribution in [0.4, 0.5) is 14.7 Å². The maximum atomic E-state index is 15.0. The van der Waals surface area contributed by atoms with Crippen LogP contribution in [0.5, 0.6) is 0 Å². The van der Waals surface area contributed by atoms with Gasteiger partial charge in [0.25, 0.3) is 11.8 Å². The summed E-state index contributed by atoms with van der Waals surface area (Å²) < 4.78 is 42.6. The minimum Gasteiger partial charge on any atom is -0.390 e. The van der Waals surface area contributed by atoms with Gasteiger partial charge in [-0.05, 0) is 120 Å². The lowest BCUT2D eigenvalue weighted by atomic mass is 9.86. The Bertz CT molecular complexity index is 3830. The number of fused-ring (bicyclic) bond motifs is 3. The van der Waals surface area contributed by atoms with E-state index in [-0.39, 0.29) is 91.1 Å². The lowest BCUT2D eigenvalue weighted by molar-refractivity contribution is -0.396. The van der Waals surface area contributed by atoms with Crippen LogP contribution in [0.25, 0.3) is 10.1 Å². The van der Waals surface area contributed by atoms with Crippen LogP contribution < -0.4 is 21.3 Å². The van der Waals surface area contributed by atoms with Crippen molar-refractivity contribution in [1.82, 2.24) is 50.4 Å². The smallest absolute Gasteiger partial charge is 0.390 e. The van der Waals surface area contributed by atoms with Crippen molar-refractivity contribution in [3.63, 3.8) is 0 Å². The third-order valence-corrected chi connectivity index (χ3v) is 20.3. The van der Waals surface area contributed by atoms with E-state index in [1.54, 1.807) is 17.0 Å². The largest absolute Gasteiger partial charge is 0.434 e. The zero-order valence-corrected chi connectivity index (χ0v) is 53.1. The highest BCUT2D eigenvalue weighted by Crippen LogP contribution is 2.59. The Morgan fingerprint density at radius 1 is 0.924 bits per heavy atom. The van der Waals surface area contributed by atoms with Crippen LogP contribution >= 0.6 is 18.9 Å². The third-order valence-electron chi connectivity index (χ3n) is 18.2. The second-order valence-corrected chi connectivity index (χ2v) is 28.0. The first-order valence-electron chi connectivity index (χ1n) is 30.9. The van der Waals surface area contributed by atoms with Crippen LogP contribution in [-0.2, 0) is 63.9 Å². The van der Waals surface area contributed by atoms with Crippen molar-refractivity contribution in [2.75, 3.05) is 32.7 Å². The van der Waals surface area contributed by atoms with Crippen LogP contribution in [-0.4, -0.2) is 160 Å². The third kappa shape index (κ3) is 14.6.